The molecule has 0 aliphatic carbocycles. The predicted octanol–water partition coefficient (Wildman–Crippen LogP) is 1.78. The second-order valence-corrected chi connectivity index (χ2v) is 6.61. The van der Waals surface area contributed by atoms with Crippen molar-refractivity contribution < 1.29 is 4.79 Å². The quantitative estimate of drug-likeness (QED) is 0.862. The first kappa shape index (κ1) is 16.6. The molecular weight excluding hydrogens is 302 g/mol. The summed E-state index contributed by atoms with van der Waals surface area (Å²) in [6.45, 7) is 9.36. The van der Waals surface area contributed by atoms with Crippen molar-refractivity contribution in [1.29, 1.82) is 0 Å². The van der Waals surface area contributed by atoms with Gasteiger partial charge in [-0.2, -0.15) is 5.10 Å². The normalized spacial score (nSPS) is 18.8. The standard InChI is InChI=1S/C18H25N5O/c1-13-11-22(12-16-6-5-7-19-10-16)8-9-23(13)18(24)17-14(2)20-21(4)15(17)3/h5-7,10,13H,8-9,11-12H2,1-4H3/t13-/m0/s1. The molecule has 0 unspecified atom stereocenters. The molecule has 128 valence electrons. The zero-order chi connectivity index (χ0) is 17.3. The van der Waals surface area contributed by atoms with E-state index in [4.69, 9.17) is 0 Å². The highest BCUT2D eigenvalue weighted by Crippen LogP contribution is 2.19. The summed E-state index contributed by atoms with van der Waals surface area (Å²) in [6, 6.07) is 4.24. The Bertz CT molecular complexity index is 725. The lowest BCUT2D eigenvalue weighted by Crippen LogP contribution is -2.53. The third-order valence-corrected chi connectivity index (χ3v) is 4.82. The molecule has 1 aliphatic heterocycles. The molecule has 0 N–H and O–H groups in total. The van der Waals surface area contributed by atoms with Crippen molar-refractivity contribution in [3.05, 3.63) is 47.0 Å². The van der Waals surface area contributed by atoms with Crippen LogP contribution in [-0.4, -0.2) is 56.1 Å². The Morgan fingerprint density at radius 3 is 2.71 bits per heavy atom. The Kier molecular flexibility index (Phi) is 4.66. The summed E-state index contributed by atoms with van der Waals surface area (Å²) in [5.41, 5.74) is 3.71. The second kappa shape index (κ2) is 6.73. The van der Waals surface area contributed by atoms with Gasteiger partial charge in [0, 0.05) is 57.4 Å². The summed E-state index contributed by atoms with van der Waals surface area (Å²) in [4.78, 5) is 21.5. The van der Waals surface area contributed by atoms with E-state index in [9.17, 15) is 4.79 Å². The van der Waals surface area contributed by atoms with Crippen LogP contribution in [0.5, 0.6) is 0 Å². The fraction of sp³-hybridized carbons (Fsp3) is 0.500. The number of aromatic nitrogens is 3. The Morgan fingerprint density at radius 1 is 1.33 bits per heavy atom. The van der Waals surface area contributed by atoms with Gasteiger partial charge < -0.3 is 4.90 Å². The second-order valence-electron chi connectivity index (χ2n) is 6.61. The highest BCUT2D eigenvalue weighted by atomic mass is 16.2. The number of amides is 1. The van der Waals surface area contributed by atoms with Crippen LogP contribution < -0.4 is 0 Å². The van der Waals surface area contributed by atoms with Gasteiger partial charge in [0.1, 0.15) is 0 Å². The van der Waals surface area contributed by atoms with E-state index >= 15 is 0 Å². The van der Waals surface area contributed by atoms with Crippen LogP contribution in [0.1, 0.15) is 34.2 Å². The molecule has 24 heavy (non-hydrogen) atoms. The van der Waals surface area contributed by atoms with E-state index in [0.29, 0.717) is 0 Å². The molecule has 6 heteroatoms. The number of rotatable bonds is 3. The highest BCUT2D eigenvalue weighted by molar-refractivity contribution is 5.96. The molecule has 0 aromatic carbocycles. The van der Waals surface area contributed by atoms with Crippen molar-refractivity contribution in [1.82, 2.24) is 24.6 Å². The molecule has 1 amide bonds. The first-order valence-corrected chi connectivity index (χ1v) is 8.39. The van der Waals surface area contributed by atoms with Crippen LogP contribution in [0.2, 0.25) is 0 Å². The van der Waals surface area contributed by atoms with Crippen LogP contribution >= 0.6 is 0 Å². The molecule has 0 bridgehead atoms. The first-order valence-electron chi connectivity index (χ1n) is 8.39. The minimum Gasteiger partial charge on any atom is -0.333 e. The average Bonchev–Trinajstić information content (AvgIpc) is 2.80. The Balaban J connectivity index is 1.68. The van der Waals surface area contributed by atoms with E-state index in [2.05, 4.69) is 28.0 Å². The number of nitrogens with zero attached hydrogens (tertiary/aromatic N) is 5. The summed E-state index contributed by atoms with van der Waals surface area (Å²) in [5.74, 6) is 0.103. The molecule has 0 radical (unpaired) electrons. The third kappa shape index (κ3) is 3.19. The molecule has 1 aliphatic rings. The Hall–Kier alpha value is -2.21. The third-order valence-electron chi connectivity index (χ3n) is 4.82. The van der Waals surface area contributed by atoms with Crippen molar-refractivity contribution in [3.63, 3.8) is 0 Å². The molecule has 1 atom stereocenters. The van der Waals surface area contributed by atoms with Gasteiger partial charge in [-0.05, 0) is 32.4 Å². The van der Waals surface area contributed by atoms with Crippen molar-refractivity contribution in [2.24, 2.45) is 7.05 Å². The largest absolute Gasteiger partial charge is 0.333 e. The van der Waals surface area contributed by atoms with Gasteiger partial charge in [0.25, 0.3) is 5.91 Å². The maximum atomic E-state index is 13.0. The summed E-state index contributed by atoms with van der Waals surface area (Å²) in [6.07, 6.45) is 3.70. The van der Waals surface area contributed by atoms with Gasteiger partial charge in [0.15, 0.2) is 0 Å². The van der Waals surface area contributed by atoms with Gasteiger partial charge in [0.2, 0.25) is 0 Å². The summed E-state index contributed by atoms with van der Waals surface area (Å²) >= 11 is 0. The number of hydrogen-bond acceptors (Lipinski definition) is 4. The lowest BCUT2D eigenvalue weighted by atomic mass is 10.1. The Morgan fingerprint density at radius 2 is 2.12 bits per heavy atom. The topological polar surface area (TPSA) is 54.3 Å². The van der Waals surface area contributed by atoms with Gasteiger partial charge in [-0.15, -0.1) is 0 Å². The van der Waals surface area contributed by atoms with Crippen molar-refractivity contribution in [2.45, 2.75) is 33.4 Å². The van der Waals surface area contributed by atoms with Crippen molar-refractivity contribution in [2.75, 3.05) is 19.6 Å². The van der Waals surface area contributed by atoms with Gasteiger partial charge in [-0.25, -0.2) is 0 Å². The highest BCUT2D eigenvalue weighted by Gasteiger charge is 2.30. The zero-order valence-corrected chi connectivity index (χ0v) is 14.9. The number of pyridine rings is 1. The molecular formula is C18H25N5O. The fourth-order valence-electron chi connectivity index (χ4n) is 3.45. The summed E-state index contributed by atoms with van der Waals surface area (Å²) in [7, 11) is 1.88. The zero-order valence-electron chi connectivity index (χ0n) is 14.9. The van der Waals surface area contributed by atoms with Crippen LogP contribution in [0.3, 0.4) is 0 Å². The molecule has 3 rings (SSSR count). The number of carbonyl (C=O) groups is 1. The molecule has 0 spiro atoms. The van der Waals surface area contributed by atoms with E-state index in [-0.39, 0.29) is 11.9 Å². The van der Waals surface area contributed by atoms with Crippen LogP contribution in [0.15, 0.2) is 24.5 Å². The maximum Gasteiger partial charge on any atom is 0.257 e. The van der Waals surface area contributed by atoms with Crippen LogP contribution in [0.4, 0.5) is 0 Å². The summed E-state index contributed by atoms with van der Waals surface area (Å²) < 4.78 is 1.78. The SMILES string of the molecule is Cc1nn(C)c(C)c1C(=O)N1CCN(Cc2cccnc2)C[C@@H]1C. The number of aryl methyl sites for hydroxylation is 2. The molecule has 1 saturated heterocycles. The number of hydrogen-bond donors (Lipinski definition) is 0. The molecule has 3 heterocycles. The fourth-order valence-corrected chi connectivity index (χ4v) is 3.45. The van der Waals surface area contributed by atoms with Crippen molar-refractivity contribution >= 4 is 5.91 Å². The summed E-state index contributed by atoms with van der Waals surface area (Å²) in [5, 5.41) is 4.37. The lowest BCUT2D eigenvalue weighted by molar-refractivity contribution is 0.0474. The first-order chi connectivity index (χ1) is 11.5. The van der Waals surface area contributed by atoms with E-state index in [1.807, 2.05) is 38.1 Å². The van der Waals surface area contributed by atoms with E-state index in [1.54, 1.807) is 10.9 Å². The number of piperazine rings is 1. The van der Waals surface area contributed by atoms with Crippen LogP contribution in [0.25, 0.3) is 0 Å². The van der Waals surface area contributed by atoms with E-state index < -0.39 is 0 Å². The van der Waals surface area contributed by atoms with Crippen LogP contribution in [-0.2, 0) is 13.6 Å². The number of carbonyl (C=O) groups excluding carboxylic acids is 1. The van der Waals surface area contributed by atoms with E-state index in [0.717, 1.165) is 43.1 Å². The molecule has 0 saturated carbocycles. The molecule has 6 nitrogen and oxygen atoms in total. The van der Waals surface area contributed by atoms with Gasteiger partial charge in [-0.3, -0.25) is 19.4 Å². The Labute approximate surface area is 143 Å². The average molecular weight is 327 g/mol. The smallest absolute Gasteiger partial charge is 0.257 e. The molecule has 2 aromatic heterocycles. The van der Waals surface area contributed by atoms with Gasteiger partial charge in [-0.1, -0.05) is 6.07 Å². The minimum absolute atomic E-state index is 0.103. The lowest BCUT2D eigenvalue weighted by Gasteiger charge is -2.40. The van der Waals surface area contributed by atoms with Gasteiger partial charge >= 0.3 is 0 Å². The predicted molar refractivity (Wildman–Crippen MR) is 92.7 cm³/mol. The van der Waals surface area contributed by atoms with E-state index in [1.165, 1.54) is 5.56 Å². The maximum absolute atomic E-state index is 13.0. The van der Waals surface area contributed by atoms with Gasteiger partial charge in [0.05, 0.1) is 11.3 Å². The molecule has 2 aromatic rings. The minimum atomic E-state index is 0.103. The van der Waals surface area contributed by atoms with Crippen molar-refractivity contribution in [3.8, 4) is 0 Å². The molecule has 1 fully saturated rings. The monoisotopic (exact) mass is 327 g/mol. The van der Waals surface area contributed by atoms with Crippen LogP contribution in [0, 0.1) is 13.8 Å².